The van der Waals surface area contributed by atoms with Gasteiger partial charge in [0.05, 0.1) is 0 Å². The molecule has 0 atom stereocenters. The Bertz CT molecular complexity index is 323. The van der Waals surface area contributed by atoms with E-state index in [-0.39, 0.29) is 0 Å². The number of hydrogen-bond donors (Lipinski definition) is 0. The van der Waals surface area contributed by atoms with E-state index < -0.39 is 11.6 Å². The summed E-state index contributed by atoms with van der Waals surface area (Å²) in [6.45, 7) is 8.15. The molecule has 0 bridgehead atoms. The van der Waals surface area contributed by atoms with Crippen molar-refractivity contribution in [1.29, 1.82) is 0 Å². The second-order valence-corrected chi connectivity index (χ2v) is 9.13. The first-order chi connectivity index (χ1) is 9.58. The average molecular weight is 351 g/mol. The molecular weight excluding hydrogens is 328 g/mol. The molecule has 0 aliphatic rings. The summed E-state index contributed by atoms with van der Waals surface area (Å²) in [7, 11) is 0. The van der Waals surface area contributed by atoms with Crippen LogP contribution in [0.25, 0.3) is 0 Å². The second-order valence-electron chi connectivity index (χ2n) is 3.39. The molecule has 20 heavy (non-hydrogen) atoms. The summed E-state index contributed by atoms with van der Waals surface area (Å²) in [6, 6.07) is 0. The molecule has 0 spiro atoms. The summed E-state index contributed by atoms with van der Waals surface area (Å²) < 4.78 is 1.85. The Labute approximate surface area is 139 Å². The molecule has 0 aromatic heterocycles. The number of carbonyl (C=O) groups is 2. The Morgan fingerprint density at radius 2 is 0.900 bits per heavy atom. The van der Waals surface area contributed by atoms with E-state index in [0.29, 0.717) is 0 Å². The van der Waals surface area contributed by atoms with Crippen molar-refractivity contribution in [1.82, 2.24) is 0 Å². The predicted octanol–water partition coefficient (Wildman–Crippen LogP) is 4.82. The molecule has 0 radical (unpaired) electrons. The third kappa shape index (κ3) is 9.21. The number of thioether (sulfide) groups is 4. The van der Waals surface area contributed by atoms with Gasteiger partial charge in [-0.25, -0.2) is 0 Å². The van der Waals surface area contributed by atoms with Crippen LogP contribution in [-0.4, -0.2) is 34.6 Å². The SMILES string of the molecule is CCSC(=CC(=O)C(=O)C=C(SCC)SCC)SCC. The van der Waals surface area contributed by atoms with E-state index in [4.69, 9.17) is 0 Å². The van der Waals surface area contributed by atoms with Crippen molar-refractivity contribution in [3.8, 4) is 0 Å². The lowest BCUT2D eigenvalue weighted by Gasteiger charge is -2.03. The molecule has 0 fully saturated rings. The van der Waals surface area contributed by atoms with E-state index in [1.54, 1.807) is 47.0 Å². The van der Waals surface area contributed by atoms with Crippen molar-refractivity contribution in [3.63, 3.8) is 0 Å². The van der Waals surface area contributed by atoms with Crippen LogP contribution in [0.4, 0.5) is 0 Å². The molecule has 0 aromatic rings. The fourth-order valence-electron chi connectivity index (χ4n) is 1.18. The van der Waals surface area contributed by atoms with Gasteiger partial charge in [0.1, 0.15) is 0 Å². The summed E-state index contributed by atoms with van der Waals surface area (Å²) in [5.74, 6) is 2.76. The third-order valence-corrected chi connectivity index (χ3v) is 6.07. The van der Waals surface area contributed by atoms with Gasteiger partial charge in [0.25, 0.3) is 0 Å². The Balaban J connectivity index is 4.84. The van der Waals surface area contributed by atoms with Crippen LogP contribution in [-0.2, 0) is 9.59 Å². The normalized spacial score (nSPS) is 10.0. The van der Waals surface area contributed by atoms with E-state index >= 15 is 0 Å². The van der Waals surface area contributed by atoms with Crippen molar-refractivity contribution < 1.29 is 9.59 Å². The number of ketones is 2. The zero-order valence-electron chi connectivity index (χ0n) is 12.4. The van der Waals surface area contributed by atoms with Gasteiger partial charge in [-0.1, -0.05) is 27.7 Å². The van der Waals surface area contributed by atoms with E-state index in [0.717, 1.165) is 31.5 Å². The minimum absolute atomic E-state index is 0.423. The molecule has 0 amide bonds. The van der Waals surface area contributed by atoms with Crippen molar-refractivity contribution in [2.45, 2.75) is 27.7 Å². The number of rotatable bonds is 11. The Morgan fingerprint density at radius 1 is 0.650 bits per heavy atom. The quantitative estimate of drug-likeness (QED) is 0.392. The summed E-state index contributed by atoms with van der Waals surface area (Å²) >= 11 is 6.42. The lowest BCUT2D eigenvalue weighted by molar-refractivity contribution is -0.130. The van der Waals surface area contributed by atoms with Crippen molar-refractivity contribution in [2.24, 2.45) is 0 Å². The van der Waals surface area contributed by atoms with Crippen LogP contribution in [0.2, 0.25) is 0 Å². The molecule has 2 nitrogen and oxygen atoms in total. The molecule has 0 aliphatic heterocycles. The summed E-state index contributed by atoms with van der Waals surface area (Å²) in [5, 5.41) is 0. The maximum absolute atomic E-state index is 11.9. The van der Waals surface area contributed by atoms with E-state index in [1.165, 1.54) is 12.2 Å². The first-order valence-corrected chi connectivity index (χ1v) is 10.6. The minimum atomic E-state index is -0.423. The van der Waals surface area contributed by atoms with Crippen LogP contribution in [0, 0.1) is 0 Å². The number of carbonyl (C=O) groups excluding carboxylic acids is 2. The first-order valence-electron chi connectivity index (χ1n) is 6.61. The maximum Gasteiger partial charge on any atom is 0.227 e. The average Bonchev–Trinajstić information content (AvgIpc) is 2.39. The zero-order chi connectivity index (χ0) is 15.4. The zero-order valence-corrected chi connectivity index (χ0v) is 15.7. The molecular formula is C14H22O2S4. The highest BCUT2D eigenvalue weighted by Crippen LogP contribution is 2.29. The van der Waals surface area contributed by atoms with Gasteiger partial charge >= 0.3 is 0 Å². The summed E-state index contributed by atoms with van der Waals surface area (Å²) in [5.41, 5.74) is 0. The fraction of sp³-hybridized carbons (Fsp3) is 0.571. The van der Waals surface area contributed by atoms with Crippen LogP contribution in [0.5, 0.6) is 0 Å². The van der Waals surface area contributed by atoms with Crippen molar-refractivity contribution in [3.05, 3.63) is 20.6 Å². The van der Waals surface area contributed by atoms with Crippen molar-refractivity contribution in [2.75, 3.05) is 23.0 Å². The molecule has 0 saturated heterocycles. The maximum atomic E-state index is 11.9. The minimum Gasteiger partial charge on any atom is -0.286 e. The fourth-order valence-corrected chi connectivity index (χ4v) is 5.16. The van der Waals surface area contributed by atoms with Crippen LogP contribution in [0.1, 0.15) is 27.7 Å². The topological polar surface area (TPSA) is 34.1 Å². The van der Waals surface area contributed by atoms with E-state index in [9.17, 15) is 9.59 Å². The number of hydrogen-bond acceptors (Lipinski definition) is 6. The Morgan fingerprint density at radius 3 is 1.10 bits per heavy atom. The van der Waals surface area contributed by atoms with Gasteiger partial charge in [-0.3, -0.25) is 9.59 Å². The summed E-state index contributed by atoms with van der Waals surface area (Å²) in [6.07, 6.45) is 2.96. The largest absolute Gasteiger partial charge is 0.286 e. The third-order valence-electron chi connectivity index (χ3n) is 1.89. The standard InChI is InChI=1S/C14H22O2S4/c1-5-17-13(18-6-2)9-11(15)12(16)10-14(19-7-3)20-8-4/h9-10H,5-8H2,1-4H3. The van der Waals surface area contributed by atoms with Crippen LogP contribution in [0.15, 0.2) is 20.6 Å². The van der Waals surface area contributed by atoms with Gasteiger partial charge in [-0.15, -0.1) is 47.0 Å². The van der Waals surface area contributed by atoms with E-state index in [2.05, 4.69) is 0 Å². The highest BCUT2D eigenvalue weighted by atomic mass is 32.2. The number of allylic oxidation sites excluding steroid dienone is 2. The Hall–Kier alpha value is 0.220. The predicted molar refractivity (Wildman–Crippen MR) is 98.7 cm³/mol. The van der Waals surface area contributed by atoms with E-state index in [1.807, 2.05) is 27.7 Å². The molecule has 0 unspecified atom stereocenters. The monoisotopic (exact) mass is 350 g/mol. The second kappa shape index (κ2) is 12.9. The van der Waals surface area contributed by atoms with Gasteiger partial charge in [0.2, 0.25) is 11.6 Å². The van der Waals surface area contributed by atoms with Crippen LogP contribution < -0.4 is 0 Å². The van der Waals surface area contributed by atoms with Crippen LogP contribution >= 0.6 is 47.0 Å². The highest BCUT2D eigenvalue weighted by molar-refractivity contribution is 8.22. The smallest absolute Gasteiger partial charge is 0.227 e. The van der Waals surface area contributed by atoms with Gasteiger partial charge in [-0.05, 0) is 23.0 Å². The lowest BCUT2D eigenvalue weighted by atomic mass is 10.2. The van der Waals surface area contributed by atoms with Crippen molar-refractivity contribution >= 4 is 58.6 Å². The summed E-state index contributed by atoms with van der Waals surface area (Å²) in [4.78, 5) is 23.9. The van der Waals surface area contributed by atoms with Crippen LogP contribution in [0.3, 0.4) is 0 Å². The Kier molecular flexibility index (Phi) is 13.1. The highest BCUT2D eigenvalue weighted by Gasteiger charge is 2.12. The van der Waals surface area contributed by atoms with Gasteiger partial charge in [0, 0.05) is 20.6 Å². The molecule has 114 valence electrons. The molecule has 0 heterocycles. The van der Waals surface area contributed by atoms with Gasteiger partial charge in [-0.2, -0.15) is 0 Å². The molecule has 0 aromatic carbocycles. The molecule has 0 saturated carbocycles. The first kappa shape index (κ1) is 20.2. The molecule has 0 N–H and O–H groups in total. The lowest BCUT2D eigenvalue weighted by Crippen LogP contribution is -2.08. The molecule has 0 rings (SSSR count). The van der Waals surface area contributed by atoms with Gasteiger partial charge in [0.15, 0.2) is 0 Å². The molecule has 6 heteroatoms. The van der Waals surface area contributed by atoms with Gasteiger partial charge < -0.3 is 0 Å². The molecule has 0 aliphatic carbocycles.